The van der Waals surface area contributed by atoms with Crippen LogP contribution in [0.2, 0.25) is 0 Å². The molecule has 5 rings (SSSR count). The smallest absolute Gasteiger partial charge is 0.256 e. The van der Waals surface area contributed by atoms with Crippen molar-refractivity contribution in [1.82, 2.24) is 29.9 Å². The van der Waals surface area contributed by atoms with Gasteiger partial charge in [0.05, 0.1) is 35.1 Å². The highest BCUT2D eigenvalue weighted by Gasteiger charge is 2.22. The van der Waals surface area contributed by atoms with Crippen LogP contribution in [0.3, 0.4) is 0 Å². The standard InChI is InChI=1S/C20H18N6O2/c27-20-16-13-25(9-8-17(16)21-19(22-20)18-7-4-10-28-18)11-14-12-26(24-23-14)15-5-2-1-3-6-15/h1-7,10,12H,8-9,11,13H2,(H,21,22,27). The third kappa shape index (κ3) is 3.14. The molecule has 0 atom stereocenters. The van der Waals surface area contributed by atoms with Crippen LogP contribution in [-0.2, 0) is 19.5 Å². The molecule has 4 aromatic rings. The number of nitrogens with one attached hydrogen (secondary N) is 1. The SMILES string of the molecule is O=c1[nH]c(-c2ccco2)nc2c1CN(Cc1cn(-c3ccccc3)nn1)CC2. The lowest BCUT2D eigenvalue weighted by molar-refractivity contribution is 0.239. The van der Waals surface area contributed by atoms with Crippen molar-refractivity contribution in [3.63, 3.8) is 0 Å². The molecule has 1 aliphatic rings. The number of aromatic amines is 1. The van der Waals surface area contributed by atoms with Crippen LogP contribution < -0.4 is 5.56 Å². The van der Waals surface area contributed by atoms with E-state index < -0.39 is 0 Å². The number of hydrogen-bond donors (Lipinski definition) is 1. The first-order valence-corrected chi connectivity index (χ1v) is 9.11. The Morgan fingerprint density at radius 3 is 2.86 bits per heavy atom. The summed E-state index contributed by atoms with van der Waals surface area (Å²) in [5.41, 5.74) is 3.26. The van der Waals surface area contributed by atoms with Crippen molar-refractivity contribution in [3.05, 3.63) is 82.2 Å². The van der Waals surface area contributed by atoms with Crippen LogP contribution in [0.1, 0.15) is 17.0 Å². The Balaban J connectivity index is 1.34. The molecular weight excluding hydrogens is 356 g/mol. The zero-order valence-corrected chi connectivity index (χ0v) is 15.1. The molecule has 1 N–H and O–H groups in total. The van der Waals surface area contributed by atoms with Gasteiger partial charge in [0, 0.05) is 26.1 Å². The lowest BCUT2D eigenvalue weighted by atomic mass is 10.1. The Hall–Kier alpha value is -3.52. The summed E-state index contributed by atoms with van der Waals surface area (Å²) in [7, 11) is 0. The summed E-state index contributed by atoms with van der Waals surface area (Å²) in [6, 6.07) is 13.4. The molecule has 1 aliphatic heterocycles. The van der Waals surface area contributed by atoms with E-state index in [-0.39, 0.29) is 5.56 Å². The van der Waals surface area contributed by atoms with Gasteiger partial charge in [-0.2, -0.15) is 0 Å². The fourth-order valence-corrected chi connectivity index (χ4v) is 3.45. The molecule has 0 spiro atoms. The van der Waals surface area contributed by atoms with Crippen LogP contribution in [0.5, 0.6) is 0 Å². The molecule has 0 amide bonds. The summed E-state index contributed by atoms with van der Waals surface area (Å²) in [4.78, 5) is 22.2. The van der Waals surface area contributed by atoms with Gasteiger partial charge in [0.1, 0.15) is 0 Å². The summed E-state index contributed by atoms with van der Waals surface area (Å²) >= 11 is 0. The number of aromatic nitrogens is 5. The molecule has 0 bridgehead atoms. The van der Waals surface area contributed by atoms with E-state index in [0.29, 0.717) is 36.7 Å². The molecule has 4 heterocycles. The Morgan fingerprint density at radius 1 is 1.14 bits per heavy atom. The summed E-state index contributed by atoms with van der Waals surface area (Å²) in [5.74, 6) is 1.05. The van der Waals surface area contributed by atoms with Crippen LogP contribution in [0.25, 0.3) is 17.3 Å². The number of H-pyrrole nitrogens is 1. The lowest BCUT2D eigenvalue weighted by Crippen LogP contribution is -2.35. The van der Waals surface area contributed by atoms with E-state index in [0.717, 1.165) is 23.6 Å². The van der Waals surface area contributed by atoms with Crippen molar-refractivity contribution < 1.29 is 4.42 Å². The third-order valence-electron chi connectivity index (χ3n) is 4.85. The third-order valence-corrected chi connectivity index (χ3v) is 4.85. The van der Waals surface area contributed by atoms with E-state index in [9.17, 15) is 4.79 Å². The second-order valence-electron chi connectivity index (χ2n) is 6.77. The minimum atomic E-state index is -0.117. The first-order chi connectivity index (χ1) is 13.8. The zero-order valence-electron chi connectivity index (χ0n) is 15.1. The summed E-state index contributed by atoms with van der Waals surface area (Å²) in [6.45, 7) is 1.97. The molecular formula is C20H18N6O2. The van der Waals surface area contributed by atoms with Crippen LogP contribution >= 0.6 is 0 Å². The molecule has 140 valence electrons. The monoisotopic (exact) mass is 374 g/mol. The topological polar surface area (TPSA) is 92.8 Å². The molecule has 0 aliphatic carbocycles. The van der Waals surface area contributed by atoms with Crippen molar-refractivity contribution in [2.45, 2.75) is 19.5 Å². The van der Waals surface area contributed by atoms with Crippen LogP contribution in [0.4, 0.5) is 0 Å². The molecule has 8 heteroatoms. The highest BCUT2D eigenvalue weighted by Crippen LogP contribution is 2.20. The number of furan rings is 1. The largest absolute Gasteiger partial charge is 0.461 e. The Morgan fingerprint density at radius 2 is 2.04 bits per heavy atom. The van der Waals surface area contributed by atoms with Crippen LogP contribution in [0.15, 0.2) is 64.1 Å². The van der Waals surface area contributed by atoms with Crippen molar-refractivity contribution >= 4 is 0 Å². The maximum Gasteiger partial charge on any atom is 0.256 e. The highest BCUT2D eigenvalue weighted by atomic mass is 16.3. The maximum atomic E-state index is 12.6. The van der Waals surface area contributed by atoms with Gasteiger partial charge < -0.3 is 9.40 Å². The minimum Gasteiger partial charge on any atom is -0.461 e. The van der Waals surface area contributed by atoms with Crippen molar-refractivity contribution in [2.75, 3.05) is 6.54 Å². The summed E-state index contributed by atoms with van der Waals surface area (Å²) in [6.07, 6.45) is 4.20. The first-order valence-electron chi connectivity index (χ1n) is 9.11. The quantitative estimate of drug-likeness (QED) is 0.588. The highest BCUT2D eigenvalue weighted by molar-refractivity contribution is 5.47. The van der Waals surface area contributed by atoms with Gasteiger partial charge in [0.15, 0.2) is 11.6 Å². The Bertz CT molecular complexity index is 1150. The molecule has 0 saturated carbocycles. The van der Waals surface area contributed by atoms with Gasteiger partial charge in [-0.25, -0.2) is 9.67 Å². The van der Waals surface area contributed by atoms with Crippen LogP contribution in [-0.4, -0.2) is 36.4 Å². The van der Waals surface area contributed by atoms with Gasteiger partial charge in [-0.1, -0.05) is 23.4 Å². The van der Waals surface area contributed by atoms with Gasteiger partial charge in [0.25, 0.3) is 5.56 Å². The molecule has 1 aromatic carbocycles. The van der Waals surface area contributed by atoms with Crippen molar-refractivity contribution in [3.8, 4) is 17.3 Å². The average molecular weight is 374 g/mol. The van der Waals surface area contributed by atoms with E-state index in [4.69, 9.17) is 4.42 Å². The number of para-hydroxylation sites is 1. The fraction of sp³-hybridized carbons (Fsp3) is 0.200. The van der Waals surface area contributed by atoms with Gasteiger partial charge in [-0.15, -0.1) is 5.10 Å². The van der Waals surface area contributed by atoms with Gasteiger partial charge >= 0.3 is 0 Å². The molecule has 0 radical (unpaired) electrons. The van der Waals surface area contributed by atoms with Gasteiger partial charge in [0.2, 0.25) is 0 Å². The summed E-state index contributed by atoms with van der Waals surface area (Å²) < 4.78 is 7.11. The Kier molecular flexibility index (Phi) is 4.10. The normalized spacial score (nSPS) is 14.1. The van der Waals surface area contributed by atoms with Crippen molar-refractivity contribution in [2.24, 2.45) is 0 Å². The lowest BCUT2D eigenvalue weighted by Gasteiger charge is -2.26. The number of nitrogens with zero attached hydrogens (tertiary/aromatic N) is 5. The van der Waals surface area contributed by atoms with Crippen LogP contribution in [0, 0.1) is 0 Å². The second-order valence-corrected chi connectivity index (χ2v) is 6.77. The van der Waals surface area contributed by atoms with E-state index in [1.165, 1.54) is 0 Å². The van der Waals surface area contributed by atoms with E-state index >= 15 is 0 Å². The van der Waals surface area contributed by atoms with Gasteiger partial charge in [-0.05, 0) is 24.3 Å². The average Bonchev–Trinajstić information content (AvgIpc) is 3.41. The molecule has 3 aromatic heterocycles. The minimum absolute atomic E-state index is 0.117. The predicted octanol–water partition coefficient (Wildman–Crippen LogP) is 2.17. The zero-order chi connectivity index (χ0) is 18.9. The molecule has 28 heavy (non-hydrogen) atoms. The fourth-order valence-electron chi connectivity index (χ4n) is 3.45. The number of benzene rings is 1. The number of rotatable bonds is 4. The van der Waals surface area contributed by atoms with E-state index in [1.807, 2.05) is 36.5 Å². The van der Waals surface area contributed by atoms with E-state index in [1.54, 1.807) is 23.1 Å². The molecule has 0 saturated heterocycles. The van der Waals surface area contributed by atoms with Crippen molar-refractivity contribution in [1.29, 1.82) is 0 Å². The number of hydrogen-bond acceptors (Lipinski definition) is 6. The molecule has 0 fully saturated rings. The molecule has 0 unspecified atom stereocenters. The van der Waals surface area contributed by atoms with Gasteiger partial charge in [-0.3, -0.25) is 9.69 Å². The maximum absolute atomic E-state index is 12.6. The van der Waals surface area contributed by atoms with E-state index in [2.05, 4.69) is 25.2 Å². The Labute approximate surface area is 160 Å². The number of fused-ring (bicyclic) bond motifs is 1. The second kappa shape index (κ2) is 6.90. The predicted molar refractivity (Wildman–Crippen MR) is 102 cm³/mol. The molecule has 8 nitrogen and oxygen atoms in total. The summed E-state index contributed by atoms with van der Waals surface area (Å²) in [5, 5.41) is 8.47. The first kappa shape index (κ1) is 16.6.